The Morgan fingerprint density at radius 1 is 1.19 bits per heavy atom. The number of hydrogen-bond acceptors (Lipinski definition) is 1. The zero-order valence-corrected chi connectivity index (χ0v) is 15.8. The van der Waals surface area contributed by atoms with E-state index in [-0.39, 0.29) is 5.91 Å². The molecule has 3 heteroatoms. The summed E-state index contributed by atoms with van der Waals surface area (Å²) in [7, 11) is 0. The predicted molar refractivity (Wildman–Crippen MR) is 105 cm³/mol. The second-order valence-corrected chi connectivity index (χ2v) is 7.37. The first-order chi connectivity index (χ1) is 12.6. The van der Waals surface area contributed by atoms with Gasteiger partial charge in [0, 0.05) is 37.2 Å². The second-order valence-electron chi connectivity index (χ2n) is 7.37. The zero-order valence-electron chi connectivity index (χ0n) is 15.8. The molecule has 1 amide bonds. The molecule has 3 nitrogen and oxygen atoms in total. The Kier molecular flexibility index (Phi) is 6.21. The van der Waals surface area contributed by atoms with Gasteiger partial charge in [0.05, 0.1) is 0 Å². The van der Waals surface area contributed by atoms with Crippen molar-refractivity contribution in [2.24, 2.45) is 11.8 Å². The summed E-state index contributed by atoms with van der Waals surface area (Å²) in [6, 6.07) is 14.3. The number of carbonyl (C=O) groups excluding carboxylic acids is 1. The van der Waals surface area contributed by atoms with E-state index < -0.39 is 0 Å². The smallest absolute Gasteiger partial charge is 0.220 e. The van der Waals surface area contributed by atoms with Gasteiger partial charge in [-0.25, -0.2) is 0 Å². The van der Waals surface area contributed by atoms with Gasteiger partial charge in [0.1, 0.15) is 0 Å². The molecule has 1 aliphatic rings. The van der Waals surface area contributed by atoms with Crippen LogP contribution in [0, 0.1) is 11.8 Å². The van der Waals surface area contributed by atoms with Gasteiger partial charge in [0.2, 0.25) is 11.6 Å². The molecular weight excluding hydrogens is 320 g/mol. The minimum absolute atomic E-state index is 0.151. The van der Waals surface area contributed by atoms with E-state index in [0.29, 0.717) is 24.8 Å². The Labute approximate surface area is 156 Å². The highest BCUT2D eigenvalue weighted by atomic mass is 16.1. The van der Waals surface area contributed by atoms with Crippen LogP contribution in [-0.4, -0.2) is 5.91 Å². The standard InChI is InChI=1S/C23H28N2O/c1-18-7-6-8-22(18)19(2)9-14-23(26)24-17-20-10-12-21(13-11-20)25-15-4-3-5-16-25/h3-5,7,10-13,15-16,19,22H,6,8-9,14,17H2,1-2H3/p+1. The predicted octanol–water partition coefficient (Wildman–Crippen LogP) is 4.35. The third-order valence-corrected chi connectivity index (χ3v) is 5.48. The molecule has 2 atom stereocenters. The molecule has 0 aliphatic heterocycles. The number of aromatic nitrogens is 1. The lowest BCUT2D eigenvalue weighted by Gasteiger charge is -2.20. The minimum atomic E-state index is 0.151. The lowest BCUT2D eigenvalue weighted by molar-refractivity contribution is -0.595. The van der Waals surface area contributed by atoms with Crippen molar-refractivity contribution in [3.8, 4) is 5.69 Å². The molecule has 0 saturated heterocycles. The van der Waals surface area contributed by atoms with E-state index in [1.54, 1.807) is 0 Å². The molecule has 0 spiro atoms. The highest BCUT2D eigenvalue weighted by molar-refractivity contribution is 5.75. The molecule has 0 fully saturated rings. The summed E-state index contributed by atoms with van der Waals surface area (Å²) in [4.78, 5) is 12.2. The van der Waals surface area contributed by atoms with Crippen molar-refractivity contribution in [3.05, 3.63) is 72.1 Å². The fourth-order valence-electron chi connectivity index (χ4n) is 3.81. The number of allylic oxidation sites excluding steroid dienone is 2. The summed E-state index contributed by atoms with van der Waals surface area (Å²) in [5.74, 6) is 1.41. The monoisotopic (exact) mass is 349 g/mol. The Morgan fingerprint density at radius 2 is 1.92 bits per heavy atom. The van der Waals surface area contributed by atoms with Gasteiger partial charge >= 0.3 is 0 Å². The van der Waals surface area contributed by atoms with Crippen molar-refractivity contribution in [2.75, 3.05) is 0 Å². The lowest BCUT2D eigenvalue weighted by atomic mass is 9.85. The van der Waals surface area contributed by atoms with Gasteiger partial charge in [-0.1, -0.05) is 36.8 Å². The lowest BCUT2D eigenvalue weighted by Crippen LogP contribution is -2.29. The van der Waals surface area contributed by atoms with Crippen LogP contribution >= 0.6 is 0 Å². The topological polar surface area (TPSA) is 33.0 Å². The van der Waals surface area contributed by atoms with E-state index in [0.717, 1.165) is 17.7 Å². The van der Waals surface area contributed by atoms with Crippen molar-refractivity contribution >= 4 is 5.91 Å². The maximum absolute atomic E-state index is 12.2. The fourth-order valence-corrected chi connectivity index (χ4v) is 3.81. The van der Waals surface area contributed by atoms with Crippen LogP contribution in [0.15, 0.2) is 66.5 Å². The number of rotatable bonds is 7. The maximum Gasteiger partial charge on any atom is 0.220 e. The molecule has 1 N–H and O–H groups in total. The van der Waals surface area contributed by atoms with Crippen LogP contribution in [0.4, 0.5) is 0 Å². The Balaban J connectivity index is 1.43. The van der Waals surface area contributed by atoms with Crippen LogP contribution < -0.4 is 9.88 Å². The maximum atomic E-state index is 12.2. The SMILES string of the molecule is CC1=CCCC1C(C)CCC(=O)NCc1ccc(-[n+]2ccccc2)cc1. The van der Waals surface area contributed by atoms with Gasteiger partial charge in [-0.05, 0) is 43.6 Å². The van der Waals surface area contributed by atoms with Crippen LogP contribution in [0.5, 0.6) is 0 Å². The summed E-state index contributed by atoms with van der Waals surface area (Å²) in [6.07, 6.45) is 10.4. The quantitative estimate of drug-likeness (QED) is 0.585. The summed E-state index contributed by atoms with van der Waals surface area (Å²) in [5.41, 5.74) is 3.75. The first-order valence-corrected chi connectivity index (χ1v) is 9.62. The second kappa shape index (κ2) is 8.79. The zero-order chi connectivity index (χ0) is 18.4. The minimum Gasteiger partial charge on any atom is -0.352 e. The van der Waals surface area contributed by atoms with E-state index in [9.17, 15) is 4.79 Å². The summed E-state index contributed by atoms with van der Waals surface area (Å²) in [5, 5.41) is 3.05. The normalized spacial score (nSPS) is 17.6. The third kappa shape index (κ3) is 4.81. The largest absolute Gasteiger partial charge is 0.352 e. The van der Waals surface area contributed by atoms with Gasteiger partial charge in [0.25, 0.3) is 0 Å². The first kappa shape index (κ1) is 18.4. The van der Waals surface area contributed by atoms with Gasteiger partial charge in [-0.15, -0.1) is 0 Å². The van der Waals surface area contributed by atoms with Crippen LogP contribution in [-0.2, 0) is 11.3 Å². The summed E-state index contributed by atoms with van der Waals surface area (Å²) >= 11 is 0. The Hall–Kier alpha value is -2.42. The highest BCUT2D eigenvalue weighted by Gasteiger charge is 2.22. The molecule has 1 aliphatic carbocycles. The molecule has 2 aromatic rings. The van der Waals surface area contributed by atoms with Crippen molar-refractivity contribution < 1.29 is 9.36 Å². The molecule has 136 valence electrons. The van der Waals surface area contributed by atoms with Crippen LogP contribution in [0.3, 0.4) is 0 Å². The Bertz CT molecular complexity index is 750. The van der Waals surface area contributed by atoms with Crippen molar-refractivity contribution in [1.29, 1.82) is 0 Å². The third-order valence-electron chi connectivity index (χ3n) is 5.48. The summed E-state index contributed by atoms with van der Waals surface area (Å²) in [6.45, 7) is 5.10. The average Bonchev–Trinajstić information content (AvgIpc) is 3.11. The van der Waals surface area contributed by atoms with E-state index in [1.165, 1.54) is 18.4 Å². The van der Waals surface area contributed by atoms with Crippen LogP contribution in [0.25, 0.3) is 5.69 Å². The molecular formula is C23H29N2O+. The van der Waals surface area contributed by atoms with E-state index >= 15 is 0 Å². The van der Waals surface area contributed by atoms with E-state index in [2.05, 4.69) is 54.1 Å². The van der Waals surface area contributed by atoms with Gasteiger partial charge in [0.15, 0.2) is 12.4 Å². The Morgan fingerprint density at radius 3 is 2.58 bits per heavy atom. The number of nitrogens with zero attached hydrogens (tertiary/aromatic N) is 1. The van der Waals surface area contributed by atoms with Crippen molar-refractivity contribution in [1.82, 2.24) is 5.32 Å². The van der Waals surface area contributed by atoms with Crippen molar-refractivity contribution in [3.63, 3.8) is 0 Å². The number of pyridine rings is 1. The van der Waals surface area contributed by atoms with Gasteiger partial charge in [-0.2, -0.15) is 4.57 Å². The number of amides is 1. The molecule has 1 heterocycles. The average molecular weight is 349 g/mol. The van der Waals surface area contributed by atoms with E-state index in [1.807, 2.05) is 30.6 Å². The number of nitrogens with one attached hydrogen (secondary N) is 1. The number of carbonyl (C=O) groups is 1. The van der Waals surface area contributed by atoms with Gasteiger partial charge in [-0.3, -0.25) is 4.79 Å². The van der Waals surface area contributed by atoms with Crippen molar-refractivity contribution in [2.45, 2.75) is 46.1 Å². The molecule has 26 heavy (non-hydrogen) atoms. The first-order valence-electron chi connectivity index (χ1n) is 9.62. The molecule has 2 unspecified atom stereocenters. The highest BCUT2D eigenvalue weighted by Crippen LogP contribution is 2.33. The molecule has 0 radical (unpaired) electrons. The fraction of sp³-hybridized carbons (Fsp3) is 0.391. The number of hydrogen-bond donors (Lipinski definition) is 1. The summed E-state index contributed by atoms with van der Waals surface area (Å²) < 4.78 is 2.07. The van der Waals surface area contributed by atoms with Crippen LogP contribution in [0.2, 0.25) is 0 Å². The van der Waals surface area contributed by atoms with E-state index in [4.69, 9.17) is 0 Å². The molecule has 1 aromatic carbocycles. The molecule has 0 saturated carbocycles. The molecule has 1 aromatic heterocycles. The van der Waals surface area contributed by atoms with Gasteiger partial charge < -0.3 is 5.32 Å². The molecule has 0 bridgehead atoms. The van der Waals surface area contributed by atoms with Crippen LogP contribution in [0.1, 0.15) is 45.1 Å². The molecule has 3 rings (SSSR count). The number of benzene rings is 1.